The van der Waals surface area contributed by atoms with Crippen LogP contribution in [0.25, 0.3) is 10.8 Å². The van der Waals surface area contributed by atoms with Crippen LogP contribution in [0.1, 0.15) is 59.7 Å². The number of carbonyl (C=O) groups is 3. The molecule has 1 saturated heterocycles. The standard InChI is InChI=1S/C33H38N4O3/c1-23(5-14-31(39)34-22-38)37-30-13-12-27(28-3-2-4-29(32(28)30)33(37)40)19-24-6-8-25(9-7-24)20-35-15-17-36(18-16-35)21-26-10-11-26/h2-4,6-9,12-13,22-23,26H,5,10-11,14-21H2,1H3,(H,34,38,39). The highest BCUT2D eigenvalue weighted by molar-refractivity contribution is 6.25. The number of imide groups is 1. The average Bonchev–Trinajstić information content (AvgIpc) is 3.74. The number of anilines is 1. The fourth-order valence-electron chi connectivity index (χ4n) is 6.30. The van der Waals surface area contributed by atoms with Gasteiger partial charge >= 0.3 is 0 Å². The van der Waals surface area contributed by atoms with Crippen LogP contribution in [0.2, 0.25) is 0 Å². The summed E-state index contributed by atoms with van der Waals surface area (Å²) in [6, 6.07) is 19.0. The van der Waals surface area contributed by atoms with Crippen LogP contribution < -0.4 is 10.2 Å². The monoisotopic (exact) mass is 538 g/mol. The van der Waals surface area contributed by atoms with E-state index in [0.29, 0.717) is 18.4 Å². The highest BCUT2D eigenvalue weighted by atomic mass is 16.2. The van der Waals surface area contributed by atoms with Gasteiger partial charge in [0.05, 0.1) is 5.69 Å². The van der Waals surface area contributed by atoms with Crippen molar-refractivity contribution < 1.29 is 14.4 Å². The average molecular weight is 539 g/mol. The second-order valence-corrected chi connectivity index (χ2v) is 11.7. The van der Waals surface area contributed by atoms with E-state index in [1.165, 1.54) is 49.2 Å². The Morgan fingerprint density at radius 1 is 0.975 bits per heavy atom. The van der Waals surface area contributed by atoms with Gasteiger partial charge in [0.25, 0.3) is 5.91 Å². The Morgan fingerprint density at radius 3 is 2.42 bits per heavy atom. The molecule has 0 radical (unpaired) electrons. The molecule has 2 aliphatic heterocycles. The summed E-state index contributed by atoms with van der Waals surface area (Å²) in [5.74, 6) is 0.609. The van der Waals surface area contributed by atoms with Crippen molar-refractivity contribution >= 4 is 34.7 Å². The molecule has 2 heterocycles. The molecule has 3 aromatic rings. The van der Waals surface area contributed by atoms with Gasteiger partial charge < -0.3 is 9.80 Å². The molecule has 1 aliphatic carbocycles. The fourth-order valence-corrected chi connectivity index (χ4v) is 6.30. The number of rotatable bonds is 11. The van der Waals surface area contributed by atoms with Crippen molar-refractivity contribution in [2.45, 2.75) is 51.6 Å². The van der Waals surface area contributed by atoms with E-state index in [1.54, 1.807) is 4.90 Å². The molecule has 208 valence electrons. The molecule has 0 spiro atoms. The molecular formula is C33H38N4O3. The summed E-state index contributed by atoms with van der Waals surface area (Å²) in [6.07, 6.45) is 4.72. The molecule has 0 aromatic heterocycles. The summed E-state index contributed by atoms with van der Waals surface area (Å²) in [6.45, 7) is 8.93. The minimum Gasteiger partial charge on any atom is -0.305 e. The number of benzene rings is 3. The largest absolute Gasteiger partial charge is 0.305 e. The molecule has 7 heteroatoms. The number of hydrogen-bond acceptors (Lipinski definition) is 5. The van der Waals surface area contributed by atoms with Gasteiger partial charge in [-0.25, -0.2) is 0 Å². The van der Waals surface area contributed by atoms with Crippen LogP contribution in [-0.4, -0.2) is 66.8 Å². The zero-order chi connectivity index (χ0) is 27.6. The first-order valence-corrected chi connectivity index (χ1v) is 14.6. The lowest BCUT2D eigenvalue weighted by molar-refractivity contribution is -0.125. The molecule has 7 nitrogen and oxygen atoms in total. The van der Waals surface area contributed by atoms with Crippen LogP contribution in [0.4, 0.5) is 5.69 Å². The van der Waals surface area contributed by atoms with E-state index >= 15 is 0 Å². The number of hydrogen-bond donors (Lipinski definition) is 1. The van der Waals surface area contributed by atoms with Gasteiger partial charge in [-0.15, -0.1) is 0 Å². The number of nitrogens with zero attached hydrogens (tertiary/aromatic N) is 3. The molecule has 6 rings (SSSR count). The van der Waals surface area contributed by atoms with Crippen LogP contribution in [0.15, 0.2) is 54.6 Å². The lowest BCUT2D eigenvalue weighted by Gasteiger charge is -2.34. The first-order valence-electron chi connectivity index (χ1n) is 14.6. The summed E-state index contributed by atoms with van der Waals surface area (Å²) >= 11 is 0. The summed E-state index contributed by atoms with van der Waals surface area (Å²) in [7, 11) is 0. The third-order valence-corrected chi connectivity index (χ3v) is 8.77. The number of amides is 3. The lowest BCUT2D eigenvalue weighted by atomic mass is 9.95. The molecule has 1 atom stereocenters. The summed E-state index contributed by atoms with van der Waals surface area (Å²) in [4.78, 5) is 42.7. The Kier molecular flexibility index (Phi) is 7.67. The number of nitrogens with one attached hydrogen (secondary N) is 1. The maximum absolute atomic E-state index is 13.4. The van der Waals surface area contributed by atoms with Gasteiger partial charge in [0.1, 0.15) is 0 Å². The molecule has 1 saturated carbocycles. The van der Waals surface area contributed by atoms with Crippen LogP contribution >= 0.6 is 0 Å². The van der Waals surface area contributed by atoms with E-state index in [2.05, 4.69) is 51.5 Å². The van der Waals surface area contributed by atoms with Gasteiger partial charge in [0.2, 0.25) is 12.3 Å². The molecule has 3 amide bonds. The smallest absolute Gasteiger partial charge is 0.259 e. The normalized spacial score (nSPS) is 18.3. The minimum atomic E-state index is -0.330. The van der Waals surface area contributed by atoms with Gasteiger partial charge in [-0.3, -0.25) is 24.6 Å². The van der Waals surface area contributed by atoms with Crippen LogP contribution in [0.5, 0.6) is 0 Å². The Morgan fingerprint density at radius 2 is 1.70 bits per heavy atom. The summed E-state index contributed by atoms with van der Waals surface area (Å²) in [5.41, 5.74) is 5.43. The molecular weight excluding hydrogens is 500 g/mol. The van der Waals surface area contributed by atoms with E-state index in [9.17, 15) is 14.4 Å². The Bertz CT molecular complexity index is 1410. The maximum atomic E-state index is 13.4. The lowest BCUT2D eigenvalue weighted by Crippen LogP contribution is -2.46. The summed E-state index contributed by atoms with van der Waals surface area (Å²) < 4.78 is 0. The van der Waals surface area contributed by atoms with Crippen molar-refractivity contribution in [1.82, 2.24) is 15.1 Å². The van der Waals surface area contributed by atoms with Crippen molar-refractivity contribution in [2.75, 3.05) is 37.6 Å². The Labute approximate surface area is 236 Å². The second kappa shape index (κ2) is 11.5. The highest BCUT2D eigenvalue weighted by Gasteiger charge is 2.33. The van der Waals surface area contributed by atoms with Crippen molar-refractivity contribution in [3.63, 3.8) is 0 Å². The van der Waals surface area contributed by atoms with Gasteiger partial charge in [-0.05, 0) is 72.7 Å². The fraction of sp³-hybridized carbons (Fsp3) is 0.424. The van der Waals surface area contributed by atoms with Crippen molar-refractivity contribution in [1.29, 1.82) is 0 Å². The molecule has 3 aliphatic rings. The zero-order valence-electron chi connectivity index (χ0n) is 23.3. The number of carbonyl (C=O) groups excluding carboxylic acids is 3. The van der Waals surface area contributed by atoms with Crippen LogP contribution in [-0.2, 0) is 22.6 Å². The molecule has 0 bridgehead atoms. The third kappa shape index (κ3) is 5.67. The van der Waals surface area contributed by atoms with E-state index < -0.39 is 0 Å². The maximum Gasteiger partial charge on any atom is 0.259 e. The quantitative estimate of drug-likeness (QED) is 0.368. The molecule has 3 aromatic carbocycles. The molecule has 1 unspecified atom stereocenters. The predicted octanol–water partition coefficient (Wildman–Crippen LogP) is 4.36. The zero-order valence-corrected chi connectivity index (χ0v) is 23.3. The van der Waals surface area contributed by atoms with Gasteiger partial charge in [0, 0.05) is 62.7 Å². The molecule has 40 heavy (non-hydrogen) atoms. The third-order valence-electron chi connectivity index (χ3n) is 8.77. The molecule has 2 fully saturated rings. The Hall–Kier alpha value is -3.55. The summed E-state index contributed by atoms with van der Waals surface area (Å²) in [5, 5.41) is 4.27. The van der Waals surface area contributed by atoms with Crippen LogP contribution in [0.3, 0.4) is 0 Å². The van der Waals surface area contributed by atoms with Crippen LogP contribution in [0, 0.1) is 5.92 Å². The Balaban J connectivity index is 1.12. The number of piperazine rings is 1. The van der Waals surface area contributed by atoms with E-state index in [-0.39, 0.29) is 24.3 Å². The topological polar surface area (TPSA) is 73.0 Å². The minimum absolute atomic E-state index is 0.0289. The van der Waals surface area contributed by atoms with E-state index in [0.717, 1.165) is 48.4 Å². The van der Waals surface area contributed by atoms with E-state index in [1.807, 2.05) is 25.1 Å². The first kappa shape index (κ1) is 26.7. The highest BCUT2D eigenvalue weighted by Crippen LogP contribution is 2.41. The van der Waals surface area contributed by atoms with Crippen molar-refractivity contribution in [2.24, 2.45) is 5.92 Å². The SMILES string of the molecule is CC(CCC(=O)NC=O)N1C(=O)c2cccc3c(Cc4ccc(CN5CCN(CC6CC6)CC5)cc4)ccc1c23. The molecule has 1 N–H and O–H groups in total. The first-order chi connectivity index (χ1) is 19.5. The van der Waals surface area contributed by atoms with Gasteiger partial charge in [-0.2, -0.15) is 0 Å². The van der Waals surface area contributed by atoms with Gasteiger partial charge in [-0.1, -0.05) is 42.5 Å². The van der Waals surface area contributed by atoms with Gasteiger partial charge in [0.15, 0.2) is 0 Å². The second-order valence-electron chi connectivity index (χ2n) is 11.7. The van der Waals surface area contributed by atoms with Crippen molar-refractivity contribution in [3.8, 4) is 0 Å². The van der Waals surface area contributed by atoms with E-state index in [4.69, 9.17) is 0 Å². The van der Waals surface area contributed by atoms with Crippen molar-refractivity contribution in [3.05, 3.63) is 76.9 Å². The predicted molar refractivity (Wildman–Crippen MR) is 157 cm³/mol.